The predicted molar refractivity (Wildman–Crippen MR) is 87.2 cm³/mol. The van der Waals surface area contributed by atoms with Crippen LogP contribution in [0.4, 0.5) is 4.79 Å². The molecule has 0 saturated carbocycles. The number of rotatable bonds is 6. The van der Waals surface area contributed by atoms with Crippen molar-refractivity contribution in [3.05, 3.63) is 24.3 Å². The zero-order valence-electron chi connectivity index (χ0n) is 14.5. The van der Waals surface area contributed by atoms with Gasteiger partial charge in [-0.25, -0.2) is 14.8 Å². The monoisotopic (exact) mass is 318 g/mol. The maximum atomic E-state index is 12.5. The van der Waals surface area contributed by atoms with Crippen molar-refractivity contribution in [1.82, 2.24) is 29.5 Å². The minimum absolute atomic E-state index is 0.0207. The summed E-state index contributed by atoms with van der Waals surface area (Å²) >= 11 is 0. The van der Waals surface area contributed by atoms with Crippen LogP contribution in [0.25, 0.3) is 0 Å². The topological polar surface area (TPSA) is 78.5 Å². The molecule has 0 unspecified atom stereocenters. The third-order valence-electron chi connectivity index (χ3n) is 3.46. The number of hydrogen-bond acceptors (Lipinski definition) is 5. The summed E-state index contributed by atoms with van der Waals surface area (Å²) in [4.78, 5) is 20.9. The van der Waals surface area contributed by atoms with Crippen molar-refractivity contribution in [2.45, 2.75) is 66.2 Å². The Kier molecular flexibility index (Phi) is 5.63. The molecule has 0 aliphatic heterocycles. The van der Waals surface area contributed by atoms with Gasteiger partial charge < -0.3 is 0 Å². The van der Waals surface area contributed by atoms with E-state index in [0.29, 0.717) is 12.2 Å². The van der Waals surface area contributed by atoms with Gasteiger partial charge >= 0.3 is 6.03 Å². The highest BCUT2D eigenvalue weighted by Gasteiger charge is 2.22. The molecule has 0 aromatic carbocycles. The molecule has 126 valence electrons. The van der Waals surface area contributed by atoms with Crippen LogP contribution in [-0.4, -0.2) is 35.6 Å². The Hall–Kier alpha value is -2.05. The SMILES string of the molecule is CCCCCCc1nc(CC(C)(C)C)n(C(=O)n2cncn2)n1. The van der Waals surface area contributed by atoms with E-state index in [4.69, 9.17) is 0 Å². The molecule has 2 aromatic rings. The molecule has 0 aliphatic rings. The maximum absolute atomic E-state index is 12.5. The molecule has 23 heavy (non-hydrogen) atoms. The van der Waals surface area contributed by atoms with Crippen molar-refractivity contribution >= 4 is 6.03 Å². The lowest BCUT2D eigenvalue weighted by Gasteiger charge is -2.16. The molecule has 0 spiro atoms. The van der Waals surface area contributed by atoms with Crippen LogP contribution in [0.2, 0.25) is 0 Å². The highest BCUT2D eigenvalue weighted by molar-refractivity contribution is 5.77. The van der Waals surface area contributed by atoms with Gasteiger partial charge in [0, 0.05) is 12.8 Å². The van der Waals surface area contributed by atoms with Crippen LogP contribution in [0.15, 0.2) is 12.7 Å². The molecule has 0 fully saturated rings. The van der Waals surface area contributed by atoms with Gasteiger partial charge in [-0.05, 0) is 11.8 Å². The summed E-state index contributed by atoms with van der Waals surface area (Å²) in [6, 6.07) is -0.339. The van der Waals surface area contributed by atoms with Crippen LogP contribution in [0.3, 0.4) is 0 Å². The number of aromatic nitrogens is 6. The molecule has 2 aromatic heterocycles. The number of hydrogen-bond donors (Lipinski definition) is 0. The van der Waals surface area contributed by atoms with Crippen molar-refractivity contribution in [2.75, 3.05) is 0 Å². The Labute approximate surface area is 137 Å². The molecule has 0 N–H and O–H groups in total. The van der Waals surface area contributed by atoms with E-state index in [0.717, 1.165) is 25.1 Å². The van der Waals surface area contributed by atoms with Gasteiger partial charge in [0.05, 0.1) is 0 Å². The molecule has 0 bridgehead atoms. The first-order valence-electron chi connectivity index (χ1n) is 8.25. The minimum atomic E-state index is -0.339. The van der Waals surface area contributed by atoms with E-state index in [1.54, 1.807) is 0 Å². The molecule has 0 atom stereocenters. The van der Waals surface area contributed by atoms with Crippen LogP contribution < -0.4 is 0 Å². The van der Waals surface area contributed by atoms with Gasteiger partial charge in [-0.3, -0.25) is 0 Å². The number of carbonyl (C=O) groups is 1. The Bertz CT molecular complexity index is 624. The van der Waals surface area contributed by atoms with Crippen molar-refractivity contribution < 1.29 is 4.79 Å². The van der Waals surface area contributed by atoms with Gasteiger partial charge in [0.15, 0.2) is 5.82 Å². The van der Waals surface area contributed by atoms with Gasteiger partial charge in [-0.2, -0.15) is 14.5 Å². The third-order valence-corrected chi connectivity index (χ3v) is 3.46. The van der Waals surface area contributed by atoms with Gasteiger partial charge in [0.1, 0.15) is 18.5 Å². The lowest BCUT2D eigenvalue weighted by Crippen LogP contribution is -2.25. The van der Waals surface area contributed by atoms with Gasteiger partial charge in [0.25, 0.3) is 0 Å². The molecular weight excluding hydrogens is 292 g/mol. The number of aryl methyl sites for hydroxylation is 1. The molecule has 0 aliphatic carbocycles. The molecule has 0 amide bonds. The molecule has 2 heterocycles. The first kappa shape index (κ1) is 17.3. The van der Waals surface area contributed by atoms with E-state index in [2.05, 4.69) is 47.9 Å². The van der Waals surface area contributed by atoms with Crippen LogP contribution in [0, 0.1) is 5.41 Å². The van der Waals surface area contributed by atoms with Gasteiger partial charge in [-0.1, -0.05) is 47.0 Å². The predicted octanol–water partition coefficient (Wildman–Crippen LogP) is 3.10. The van der Waals surface area contributed by atoms with E-state index in [1.807, 2.05) is 0 Å². The highest BCUT2D eigenvalue weighted by Crippen LogP contribution is 2.20. The Morgan fingerprint density at radius 1 is 1.22 bits per heavy atom. The lowest BCUT2D eigenvalue weighted by atomic mass is 9.92. The van der Waals surface area contributed by atoms with Crippen LogP contribution in [0.1, 0.15) is 65.0 Å². The average Bonchev–Trinajstić information content (AvgIpc) is 3.11. The largest absolute Gasteiger partial charge is 0.372 e. The third kappa shape index (κ3) is 4.97. The van der Waals surface area contributed by atoms with E-state index < -0.39 is 0 Å². The second-order valence-electron chi connectivity index (χ2n) is 7.03. The summed E-state index contributed by atoms with van der Waals surface area (Å²) in [5.74, 6) is 1.41. The lowest BCUT2D eigenvalue weighted by molar-refractivity contribution is 0.236. The van der Waals surface area contributed by atoms with Gasteiger partial charge in [0.2, 0.25) is 0 Å². The summed E-state index contributed by atoms with van der Waals surface area (Å²) in [6.07, 6.45) is 8.82. The number of nitrogens with zero attached hydrogens (tertiary/aromatic N) is 6. The van der Waals surface area contributed by atoms with Crippen molar-refractivity contribution in [3.8, 4) is 0 Å². The van der Waals surface area contributed by atoms with Crippen LogP contribution in [0.5, 0.6) is 0 Å². The fourth-order valence-corrected chi connectivity index (χ4v) is 2.35. The second-order valence-corrected chi connectivity index (χ2v) is 7.03. The number of carbonyl (C=O) groups excluding carboxylic acids is 1. The van der Waals surface area contributed by atoms with Gasteiger partial charge in [-0.15, -0.1) is 5.10 Å². The standard InChI is InChI=1S/C16H26N6O/c1-5-6-7-8-9-13-19-14(10-16(2,3)4)22(20-13)15(23)21-12-17-11-18-21/h11-12H,5-10H2,1-4H3. The molecule has 0 saturated heterocycles. The molecule has 0 radical (unpaired) electrons. The Balaban J connectivity index is 2.20. The zero-order chi connectivity index (χ0) is 16.9. The average molecular weight is 318 g/mol. The fraction of sp³-hybridized carbons (Fsp3) is 0.688. The van der Waals surface area contributed by atoms with E-state index >= 15 is 0 Å². The summed E-state index contributed by atoms with van der Waals surface area (Å²) in [5.41, 5.74) is 0.0207. The maximum Gasteiger partial charge on any atom is 0.372 e. The summed E-state index contributed by atoms with van der Waals surface area (Å²) in [7, 11) is 0. The van der Waals surface area contributed by atoms with E-state index in [9.17, 15) is 4.79 Å². The second kappa shape index (κ2) is 7.48. The first-order valence-corrected chi connectivity index (χ1v) is 8.25. The summed E-state index contributed by atoms with van der Waals surface area (Å²) in [6.45, 7) is 8.54. The fourth-order valence-electron chi connectivity index (χ4n) is 2.35. The summed E-state index contributed by atoms with van der Waals surface area (Å²) in [5, 5.41) is 8.31. The highest BCUT2D eigenvalue weighted by atomic mass is 16.2. The Morgan fingerprint density at radius 2 is 2.00 bits per heavy atom. The van der Waals surface area contributed by atoms with E-state index in [-0.39, 0.29) is 11.4 Å². The van der Waals surface area contributed by atoms with Crippen LogP contribution in [-0.2, 0) is 12.8 Å². The smallest absolute Gasteiger partial charge is 0.243 e. The van der Waals surface area contributed by atoms with Crippen molar-refractivity contribution in [2.24, 2.45) is 5.41 Å². The quantitative estimate of drug-likeness (QED) is 0.765. The first-order chi connectivity index (χ1) is 10.9. The Morgan fingerprint density at radius 3 is 2.61 bits per heavy atom. The summed E-state index contributed by atoms with van der Waals surface area (Å²) < 4.78 is 2.55. The van der Waals surface area contributed by atoms with Crippen molar-refractivity contribution in [1.29, 1.82) is 0 Å². The molecule has 7 heteroatoms. The molecule has 2 rings (SSSR count). The number of unbranched alkanes of at least 4 members (excludes halogenated alkanes) is 3. The van der Waals surface area contributed by atoms with E-state index in [1.165, 1.54) is 34.9 Å². The zero-order valence-corrected chi connectivity index (χ0v) is 14.5. The minimum Gasteiger partial charge on any atom is -0.243 e. The van der Waals surface area contributed by atoms with Crippen molar-refractivity contribution in [3.63, 3.8) is 0 Å². The normalized spacial score (nSPS) is 11.8. The molecular formula is C16H26N6O. The molecule has 7 nitrogen and oxygen atoms in total. The van der Waals surface area contributed by atoms with Crippen LogP contribution >= 0.6 is 0 Å².